The molecular weight excluding hydrogens is 456 g/mol. The summed E-state index contributed by atoms with van der Waals surface area (Å²) in [5.74, 6) is -1.42. The largest absolute Gasteiger partial charge is 0.481 e. The van der Waals surface area contributed by atoms with Crippen molar-refractivity contribution in [2.75, 3.05) is 13.2 Å². The molecule has 2 rings (SSSR count). The number of carboxylic acids is 1. The molecule has 1 unspecified atom stereocenters. The molecule has 2 fully saturated rings. The van der Waals surface area contributed by atoms with E-state index < -0.39 is 36.4 Å². The van der Waals surface area contributed by atoms with Crippen LogP contribution in [-0.4, -0.2) is 82.2 Å². The fourth-order valence-electron chi connectivity index (χ4n) is 4.59. The number of hydrogen-bond donors (Lipinski definition) is 4. The first-order valence-corrected chi connectivity index (χ1v) is 13.0. The molecule has 0 aromatic rings. The predicted molar refractivity (Wildman–Crippen MR) is 129 cm³/mol. The van der Waals surface area contributed by atoms with E-state index in [1.54, 1.807) is 13.8 Å². The van der Waals surface area contributed by atoms with Crippen molar-refractivity contribution in [1.29, 1.82) is 0 Å². The number of esters is 1. The van der Waals surface area contributed by atoms with Gasteiger partial charge in [-0.1, -0.05) is 38.2 Å². The maximum Gasteiger partial charge on any atom is 0.330 e. The first-order chi connectivity index (χ1) is 16.6. The molecule has 2 heterocycles. The summed E-state index contributed by atoms with van der Waals surface area (Å²) in [5.41, 5.74) is 0.708. The fourth-order valence-corrected chi connectivity index (χ4v) is 4.59. The van der Waals surface area contributed by atoms with Gasteiger partial charge in [-0.05, 0) is 39.5 Å². The monoisotopic (exact) mass is 500 g/mol. The molecule has 9 heteroatoms. The number of aliphatic carboxylic acids is 1. The van der Waals surface area contributed by atoms with Crippen molar-refractivity contribution in [3.63, 3.8) is 0 Å². The van der Waals surface area contributed by atoms with Crippen LogP contribution in [0.4, 0.5) is 0 Å². The van der Waals surface area contributed by atoms with Crippen molar-refractivity contribution in [2.24, 2.45) is 11.8 Å². The number of unbranched alkanes of at least 4 members (excludes halogenated alkanes) is 5. The molecular formula is C26H44O9. The van der Waals surface area contributed by atoms with E-state index in [4.69, 9.17) is 19.3 Å². The first kappa shape index (κ1) is 29.7. The van der Waals surface area contributed by atoms with Crippen LogP contribution in [0, 0.1) is 11.8 Å². The summed E-state index contributed by atoms with van der Waals surface area (Å²) in [6, 6.07) is 0. The van der Waals surface area contributed by atoms with E-state index in [0.717, 1.165) is 32.1 Å². The molecule has 35 heavy (non-hydrogen) atoms. The third kappa shape index (κ3) is 10.6. The molecule has 2 saturated heterocycles. The molecule has 4 N–H and O–H groups in total. The average molecular weight is 501 g/mol. The van der Waals surface area contributed by atoms with Gasteiger partial charge < -0.3 is 34.6 Å². The highest BCUT2D eigenvalue weighted by atomic mass is 16.6. The predicted octanol–water partition coefficient (Wildman–Crippen LogP) is 2.59. The zero-order chi connectivity index (χ0) is 26.0. The number of carbonyl (C=O) groups excluding carboxylic acids is 1. The first-order valence-electron chi connectivity index (χ1n) is 13.0. The molecule has 2 aliphatic heterocycles. The van der Waals surface area contributed by atoms with Crippen LogP contribution in [0.2, 0.25) is 0 Å². The SMILES string of the molecule is C/C(=C\C(=O)OCCCCCCCCC(=O)O)C[C@@H]1OCC(C[C@H]2O[C@@H]2[C@@H](C)[C@H](C)O)[C@@H](O)[C@H]1O. The summed E-state index contributed by atoms with van der Waals surface area (Å²) in [7, 11) is 0. The van der Waals surface area contributed by atoms with Crippen LogP contribution < -0.4 is 0 Å². The van der Waals surface area contributed by atoms with Crippen LogP contribution >= 0.6 is 0 Å². The lowest BCUT2D eigenvalue weighted by Gasteiger charge is -2.38. The van der Waals surface area contributed by atoms with Crippen molar-refractivity contribution in [2.45, 2.75) is 115 Å². The molecule has 0 aromatic carbocycles. The van der Waals surface area contributed by atoms with Crippen molar-refractivity contribution in [1.82, 2.24) is 0 Å². The Morgan fingerprint density at radius 2 is 1.69 bits per heavy atom. The lowest BCUT2D eigenvalue weighted by Crippen LogP contribution is -2.50. The number of aliphatic hydroxyl groups excluding tert-OH is 3. The minimum Gasteiger partial charge on any atom is -0.481 e. The second-order valence-corrected chi connectivity index (χ2v) is 10.2. The van der Waals surface area contributed by atoms with E-state index >= 15 is 0 Å². The third-order valence-corrected chi connectivity index (χ3v) is 7.09. The maximum absolute atomic E-state index is 12.1. The fraction of sp³-hybridized carbons (Fsp3) is 0.846. The molecule has 0 bridgehead atoms. The Morgan fingerprint density at radius 3 is 2.34 bits per heavy atom. The second kappa shape index (κ2) is 14.9. The Kier molecular flexibility index (Phi) is 12.6. The number of epoxide rings is 1. The van der Waals surface area contributed by atoms with Crippen molar-refractivity contribution in [3.05, 3.63) is 11.6 Å². The summed E-state index contributed by atoms with van der Waals surface area (Å²) >= 11 is 0. The van der Waals surface area contributed by atoms with Crippen molar-refractivity contribution >= 4 is 11.9 Å². The molecule has 0 saturated carbocycles. The van der Waals surface area contributed by atoms with Gasteiger partial charge in [-0.3, -0.25) is 4.79 Å². The van der Waals surface area contributed by atoms with Gasteiger partial charge in [-0.25, -0.2) is 4.79 Å². The number of hydrogen-bond acceptors (Lipinski definition) is 8. The lowest BCUT2D eigenvalue weighted by atomic mass is 9.85. The Balaban J connectivity index is 1.62. The average Bonchev–Trinajstić information content (AvgIpc) is 3.55. The Bertz CT molecular complexity index is 692. The minimum atomic E-state index is -1.06. The van der Waals surface area contributed by atoms with E-state index in [-0.39, 0.29) is 30.5 Å². The van der Waals surface area contributed by atoms with Gasteiger partial charge in [0.15, 0.2) is 0 Å². The Labute approximate surface area is 208 Å². The third-order valence-electron chi connectivity index (χ3n) is 7.09. The summed E-state index contributed by atoms with van der Waals surface area (Å²) in [6.45, 7) is 6.07. The molecule has 0 radical (unpaired) electrons. The van der Waals surface area contributed by atoms with Gasteiger partial charge in [0, 0.05) is 24.3 Å². The van der Waals surface area contributed by atoms with Gasteiger partial charge in [-0.2, -0.15) is 0 Å². The zero-order valence-electron chi connectivity index (χ0n) is 21.3. The highest BCUT2D eigenvalue weighted by Gasteiger charge is 2.48. The second-order valence-electron chi connectivity index (χ2n) is 10.2. The minimum absolute atomic E-state index is 0.0160. The number of aliphatic hydroxyl groups is 3. The Morgan fingerprint density at radius 1 is 1.03 bits per heavy atom. The zero-order valence-corrected chi connectivity index (χ0v) is 21.3. The molecule has 202 valence electrons. The van der Waals surface area contributed by atoms with E-state index in [2.05, 4.69) is 0 Å². The summed E-state index contributed by atoms with van der Waals surface area (Å²) < 4.78 is 16.7. The van der Waals surface area contributed by atoms with Crippen LogP contribution in [0.5, 0.6) is 0 Å². The van der Waals surface area contributed by atoms with Crippen LogP contribution in [0.3, 0.4) is 0 Å². The number of carbonyl (C=O) groups is 2. The van der Waals surface area contributed by atoms with Crippen molar-refractivity contribution < 1.29 is 44.2 Å². The van der Waals surface area contributed by atoms with Gasteiger partial charge in [0.05, 0.1) is 43.7 Å². The smallest absolute Gasteiger partial charge is 0.330 e. The normalized spacial score (nSPS) is 30.5. The van der Waals surface area contributed by atoms with E-state index in [1.807, 2.05) is 6.92 Å². The maximum atomic E-state index is 12.1. The van der Waals surface area contributed by atoms with Gasteiger partial charge >= 0.3 is 11.9 Å². The summed E-state index contributed by atoms with van der Waals surface area (Å²) in [5, 5.41) is 39.5. The molecule has 2 aliphatic rings. The molecule has 0 aliphatic carbocycles. The van der Waals surface area contributed by atoms with E-state index in [0.29, 0.717) is 38.0 Å². The van der Waals surface area contributed by atoms with Gasteiger partial charge in [0.25, 0.3) is 0 Å². The molecule has 8 atom stereocenters. The summed E-state index contributed by atoms with van der Waals surface area (Å²) in [4.78, 5) is 22.5. The number of carboxylic acid groups (broad SMARTS) is 1. The molecule has 0 aromatic heterocycles. The topological polar surface area (TPSA) is 146 Å². The number of ether oxygens (including phenoxy) is 3. The van der Waals surface area contributed by atoms with Crippen LogP contribution in [-0.2, 0) is 23.8 Å². The lowest BCUT2D eigenvalue weighted by molar-refractivity contribution is -0.165. The van der Waals surface area contributed by atoms with E-state index in [9.17, 15) is 24.9 Å². The highest BCUT2D eigenvalue weighted by molar-refractivity contribution is 5.82. The molecule has 9 nitrogen and oxygen atoms in total. The van der Waals surface area contributed by atoms with Crippen LogP contribution in [0.15, 0.2) is 11.6 Å². The standard InChI is InChI=1S/C26H44O9/c1-16(13-23(30)33-11-9-7-5-4-6-8-10-22(28)29)12-20-25(32)24(31)19(15-34-20)14-21-26(35-21)17(2)18(3)27/h13,17-21,24-27,31-32H,4-12,14-15H2,1-3H3,(H,28,29)/b16-13+/t17-,18-,19?,20-,21+,24+,25-,26+/m0/s1. The van der Waals surface area contributed by atoms with Crippen molar-refractivity contribution in [3.8, 4) is 0 Å². The van der Waals surface area contributed by atoms with Gasteiger partial charge in [0.2, 0.25) is 0 Å². The molecule has 0 amide bonds. The number of rotatable bonds is 16. The summed E-state index contributed by atoms with van der Waals surface area (Å²) in [6.07, 6.45) is 4.61. The van der Waals surface area contributed by atoms with Gasteiger partial charge in [-0.15, -0.1) is 0 Å². The highest BCUT2D eigenvalue weighted by Crippen LogP contribution is 2.38. The van der Waals surface area contributed by atoms with Gasteiger partial charge in [0.1, 0.15) is 6.10 Å². The Hall–Kier alpha value is -1.52. The van der Waals surface area contributed by atoms with Crippen LogP contribution in [0.25, 0.3) is 0 Å². The van der Waals surface area contributed by atoms with Crippen LogP contribution in [0.1, 0.15) is 78.6 Å². The van der Waals surface area contributed by atoms with E-state index in [1.165, 1.54) is 6.08 Å². The quantitative estimate of drug-likeness (QED) is 0.109. The molecule has 0 spiro atoms.